The van der Waals surface area contributed by atoms with Gasteiger partial charge in [0.2, 0.25) is 0 Å². The molecule has 0 fully saturated rings. The number of halogens is 16. The number of hydrogen-bond acceptors (Lipinski definition) is 3. The smallest absolute Gasteiger partial charge is 0.322 e. The zero-order valence-corrected chi connectivity index (χ0v) is 17.0. The fourth-order valence-electron chi connectivity index (χ4n) is 2.20. The molecule has 1 amide bonds. The number of hydrogen-bond donors (Lipinski definition) is 1. The molecule has 5 nitrogen and oxygen atoms in total. The standard InChI is InChI=1S/C14H4BrF15N2O3/c15-5-3-4(32(34)35)1-2-6(5)31-7(33)8(16,9(17,18)11(21,22)13(25,26)27)10(19,20)12(23,24)14(28,29)30/h1-3H,(H,31,33). The van der Waals surface area contributed by atoms with Gasteiger partial charge in [0.05, 0.1) is 10.6 Å². The summed E-state index contributed by atoms with van der Waals surface area (Å²) in [4.78, 5) is 21.2. The highest BCUT2D eigenvalue weighted by molar-refractivity contribution is 9.10. The number of non-ortho nitro benzene ring substituents is 1. The number of amides is 1. The molecule has 1 N–H and O–H groups in total. The number of anilines is 1. The van der Waals surface area contributed by atoms with Gasteiger partial charge in [-0.05, 0) is 22.0 Å². The third kappa shape index (κ3) is 4.46. The zero-order chi connectivity index (χ0) is 28.2. The largest absolute Gasteiger partial charge is 0.460 e. The van der Waals surface area contributed by atoms with E-state index in [-0.39, 0.29) is 18.2 Å². The van der Waals surface area contributed by atoms with Gasteiger partial charge in [0.15, 0.2) is 0 Å². The van der Waals surface area contributed by atoms with Gasteiger partial charge in [-0.2, -0.15) is 61.5 Å². The molecule has 35 heavy (non-hydrogen) atoms. The number of nitrogens with one attached hydrogen (secondary N) is 1. The van der Waals surface area contributed by atoms with E-state index in [2.05, 4.69) is 15.9 Å². The van der Waals surface area contributed by atoms with E-state index in [0.29, 0.717) is 5.32 Å². The van der Waals surface area contributed by atoms with Gasteiger partial charge in [-0.1, -0.05) is 0 Å². The van der Waals surface area contributed by atoms with Crippen LogP contribution in [0, 0.1) is 10.1 Å². The molecule has 200 valence electrons. The Morgan fingerprint density at radius 3 is 1.40 bits per heavy atom. The summed E-state index contributed by atoms with van der Waals surface area (Å²) >= 11 is 2.28. The summed E-state index contributed by atoms with van der Waals surface area (Å²) in [5.74, 6) is -37.1. The summed E-state index contributed by atoms with van der Waals surface area (Å²) in [7, 11) is 0. The first-order valence-corrected chi connectivity index (χ1v) is 8.60. The number of benzene rings is 1. The van der Waals surface area contributed by atoms with Crippen LogP contribution in [0.2, 0.25) is 0 Å². The second kappa shape index (κ2) is 8.57. The summed E-state index contributed by atoms with van der Waals surface area (Å²) in [6.45, 7) is 0. The number of carbonyl (C=O) groups is 1. The van der Waals surface area contributed by atoms with E-state index in [0.717, 1.165) is 0 Å². The van der Waals surface area contributed by atoms with Crippen molar-refractivity contribution in [3.05, 3.63) is 32.8 Å². The Balaban J connectivity index is 3.93. The average Bonchev–Trinajstić information content (AvgIpc) is 2.66. The fourth-order valence-corrected chi connectivity index (χ4v) is 2.66. The molecule has 0 aliphatic carbocycles. The first kappa shape index (κ1) is 30.6. The number of alkyl halides is 15. The molecule has 1 rings (SSSR count). The van der Waals surface area contributed by atoms with Crippen molar-refractivity contribution in [1.82, 2.24) is 0 Å². The van der Waals surface area contributed by atoms with Crippen LogP contribution in [0.1, 0.15) is 0 Å². The summed E-state index contributed by atoms with van der Waals surface area (Å²) < 4.78 is 197. The number of nitro groups is 1. The molecule has 0 spiro atoms. The molecular weight excluding hydrogens is 609 g/mol. The molecular formula is C14H4BrF15N2O3. The first-order chi connectivity index (χ1) is 15.2. The van der Waals surface area contributed by atoms with Crippen molar-refractivity contribution in [2.24, 2.45) is 0 Å². The molecule has 21 heteroatoms. The molecule has 0 aliphatic rings. The number of rotatable bonds is 7. The van der Waals surface area contributed by atoms with Crippen molar-refractivity contribution >= 4 is 33.2 Å². The number of carbonyl (C=O) groups excluding carboxylic acids is 1. The molecule has 0 unspecified atom stereocenters. The molecule has 0 aliphatic heterocycles. The van der Waals surface area contributed by atoms with Crippen LogP contribution in [0.15, 0.2) is 22.7 Å². The second-order valence-electron chi connectivity index (χ2n) is 6.33. The Labute approximate surface area is 189 Å². The lowest BCUT2D eigenvalue weighted by Gasteiger charge is -2.43. The lowest BCUT2D eigenvalue weighted by atomic mass is 9.81. The van der Waals surface area contributed by atoms with Crippen LogP contribution >= 0.6 is 15.9 Å². The van der Waals surface area contributed by atoms with Crippen LogP contribution in [0.3, 0.4) is 0 Å². The lowest BCUT2D eigenvalue weighted by Crippen LogP contribution is -2.77. The van der Waals surface area contributed by atoms with Crippen LogP contribution in [0.5, 0.6) is 0 Å². The molecule has 1 aromatic rings. The minimum atomic E-state index is -8.31. The van der Waals surface area contributed by atoms with E-state index in [9.17, 15) is 80.8 Å². The number of nitrogens with zero attached hydrogens (tertiary/aromatic N) is 1. The third-order valence-electron chi connectivity index (χ3n) is 4.09. The monoisotopic (exact) mass is 612 g/mol. The van der Waals surface area contributed by atoms with Crippen molar-refractivity contribution in [2.75, 3.05) is 5.32 Å². The Hall–Kier alpha value is -2.48. The van der Waals surface area contributed by atoms with Gasteiger partial charge in [0, 0.05) is 16.6 Å². The van der Waals surface area contributed by atoms with Crippen LogP contribution < -0.4 is 5.32 Å². The maximum absolute atomic E-state index is 14.8. The lowest BCUT2D eigenvalue weighted by molar-refractivity contribution is -0.427. The van der Waals surface area contributed by atoms with E-state index < -0.39 is 68.4 Å². The highest BCUT2D eigenvalue weighted by Gasteiger charge is 2.94. The molecule has 0 radical (unpaired) electrons. The van der Waals surface area contributed by atoms with Gasteiger partial charge in [0.1, 0.15) is 0 Å². The molecule has 0 heterocycles. The van der Waals surface area contributed by atoms with Crippen molar-refractivity contribution in [1.29, 1.82) is 0 Å². The maximum atomic E-state index is 14.8. The van der Waals surface area contributed by atoms with Crippen molar-refractivity contribution in [2.45, 2.75) is 41.7 Å². The van der Waals surface area contributed by atoms with Crippen molar-refractivity contribution < 1.29 is 75.6 Å². The van der Waals surface area contributed by atoms with Gasteiger partial charge >= 0.3 is 41.7 Å². The molecule has 0 bridgehead atoms. The van der Waals surface area contributed by atoms with E-state index in [1.807, 2.05) is 0 Å². The summed E-state index contributed by atoms with van der Waals surface area (Å²) in [6, 6.07) is 0.673. The Morgan fingerprint density at radius 1 is 0.743 bits per heavy atom. The Bertz CT molecular complexity index is 968. The zero-order valence-electron chi connectivity index (χ0n) is 15.5. The number of nitro benzene ring substituents is 1. The fraction of sp³-hybridized carbons (Fsp3) is 0.500. The Kier molecular flexibility index (Phi) is 7.48. The van der Waals surface area contributed by atoms with Gasteiger partial charge < -0.3 is 5.32 Å². The van der Waals surface area contributed by atoms with Gasteiger partial charge in [0.25, 0.3) is 11.6 Å². The highest BCUT2D eigenvalue weighted by atomic mass is 79.9. The van der Waals surface area contributed by atoms with Crippen LogP contribution in [-0.4, -0.2) is 52.5 Å². The molecule has 1 aromatic carbocycles. The Morgan fingerprint density at radius 2 is 1.11 bits per heavy atom. The van der Waals surface area contributed by atoms with Crippen molar-refractivity contribution in [3.63, 3.8) is 0 Å². The minimum Gasteiger partial charge on any atom is -0.322 e. The van der Waals surface area contributed by atoms with E-state index in [1.54, 1.807) is 0 Å². The van der Waals surface area contributed by atoms with Gasteiger partial charge in [-0.15, -0.1) is 0 Å². The van der Waals surface area contributed by atoms with Crippen LogP contribution in [0.4, 0.5) is 77.2 Å². The molecule has 0 saturated carbocycles. The first-order valence-electron chi connectivity index (χ1n) is 7.80. The van der Waals surface area contributed by atoms with E-state index >= 15 is 0 Å². The average molecular weight is 613 g/mol. The van der Waals surface area contributed by atoms with Crippen molar-refractivity contribution in [3.8, 4) is 0 Å². The molecule has 0 saturated heterocycles. The predicted octanol–water partition coefficient (Wildman–Crippen LogP) is 6.67. The predicted molar refractivity (Wildman–Crippen MR) is 85.2 cm³/mol. The SMILES string of the molecule is O=C(Nc1ccc([N+](=O)[O-])cc1Br)C(F)(C(F)(F)C(F)(F)C(F)(F)F)C(F)(F)C(F)(F)C(F)(F)F. The summed E-state index contributed by atoms with van der Waals surface area (Å²) in [6.07, 6.45) is -15.5. The third-order valence-corrected chi connectivity index (χ3v) is 4.75. The van der Waals surface area contributed by atoms with Gasteiger partial charge in [-0.25, -0.2) is 4.39 Å². The molecule has 0 atom stereocenters. The maximum Gasteiger partial charge on any atom is 0.460 e. The van der Waals surface area contributed by atoms with Crippen LogP contribution in [-0.2, 0) is 4.79 Å². The summed E-state index contributed by atoms with van der Waals surface area (Å²) in [5.41, 5.74) is -10.3. The quantitative estimate of drug-likeness (QED) is 0.212. The van der Waals surface area contributed by atoms with E-state index in [1.165, 1.54) is 0 Å². The van der Waals surface area contributed by atoms with E-state index in [4.69, 9.17) is 0 Å². The van der Waals surface area contributed by atoms with Gasteiger partial charge in [-0.3, -0.25) is 14.9 Å². The topological polar surface area (TPSA) is 72.2 Å². The minimum absolute atomic E-state index is 0.126. The highest BCUT2D eigenvalue weighted by Crippen LogP contribution is 2.62. The molecule has 0 aromatic heterocycles. The second-order valence-corrected chi connectivity index (χ2v) is 7.18. The van der Waals surface area contributed by atoms with Crippen LogP contribution in [0.25, 0.3) is 0 Å². The summed E-state index contributed by atoms with van der Waals surface area (Å²) in [5, 5.41) is 11.0. The normalized spacial score (nSPS) is 14.6.